The van der Waals surface area contributed by atoms with Gasteiger partial charge >= 0.3 is 0 Å². The Kier molecular flexibility index (Phi) is 2.59. The summed E-state index contributed by atoms with van der Waals surface area (Å²) in [6.07, 6.45) is 0.931. The highest BCUT2D eigenvalue weighted by molar-refractivity contribution is 5.16. The first-order chi connectivity index (χ1) is 9.07. The molecule has 0 amide bonds. The fourth-order valence-corrected chi connectivity index (χ4v) is 4.55. The molecule has 4 rings (SSSR count). The molecular weight excluding hydrogens is 248 g/mol. The van der Waals surface area contributed by atoms with Crippen molar-refractivity contribution in [2.24, 2.45) is 17.3 Å². The van der Waals surface area contributed by atoms with Gasteiger partial charge in [-0.3, -0.25) is 0 Å². The normalized spacial score (nSPS) is 54.2. The van der Waals surface area contributed by atoms with Gasteiger partial charge in [0.25, 0.3) is 0 Å². The van der Waals surface area contributed by atoms with Crippen molar-refractivity contribution in [1.29, 1.82) is 0 Å². The molecule has 6 atom stereocenters. The maximum absolute atomic E-state index is 6.16. The van der Waals surface area contributed by atoms with Crippen molar-refractivity contribution in [3.63, 3.8) is 0 Å². The number of rotatable bonds is 2. The molecule has 1 aliphatic carbocycles. The summed E-state index contributed by atoms with van der Waals surface area (Å²) in [5.41, 5.74) is 0.0234. The van der Waals surface area contributed by atoms with Crippen LogP contribution in [0.4, 0.5) is 0 Å². The van der Waals surface area contributed by atoms with Crippen LogP contribution in [0.25, 0.3) is 0 Å². The summed E-state index contributed by atoms with van der Waals surface area (Å²) in [7, 11) is 1.72. The van der Waals surface area contributed by atoms with Crippen molar-refractivity contribution in [3.05, 3.63) is 0 Å². The Labute approximate surface area is 113 Å². The van der Waals surface area contributed by atoms with E-state index in [1.165, 1.54) is 0 Å². The molecule has 0 unspecified atom stereocenters. The van der Waals surface area contributed by atoms with Crippen LogP contribution in [0.5, 0.6) is 0 Å². The van der Waals surface area contributed by atoms with E-state index in [4.69, 9.17) is 23.7 Å². The van der Waals surface area contributed by atoms with Crippen LogP contribution in [0.15, 0.2) is 0 Å². The number of methoxy groups -OCH3 is 1. The topological polar surface area (TPSA) is 46.2 Å². The van der Waals surface area contributed by atoms with Crippen LogP contribution in [0.1, 0.15) is 20.3 Å². The van der Waals surface area contributed by atoms with E-state index in [1.807, 2.05) is 13.8 Å². The molecule has 5 nitrogen and oxygen atoms in total. The van der Waals surface area contributed by atoms with Gasteiger partial charge in [0.2, 0.25) is 0 Å². The third-order valence-corrected chi connectivity index (χ3v) is 5.31. The number of fused-ring (bicyclic) bond motifs is 4. The van der Waals surface area contributed by atoms with E-state index >= 15 is 0 Å². The van der Waals surface area contributed by atoms with E-state index in [0.717, 1.165) is 19.6 Å². The Balaban J connectivity index is 1.65. The quantitative estimate of drug-likeness (QED) is 0.753. The van der Waals surface area contributed by atoms with Crippen LogP contribution in [-0.4, -0.2) is 51.2 Å². The molecule has 4 fully saturated rings. The number of hydrogen-bond donors (Lipinski definition) is 0. The molecule has 3 heterocycles. The first-order valence-electron chi connectivity index (χ1n) is 7.14. The predicted molar refractivity (Wildman–Crippen MR) is 65.4 cm³/mol. The van der Waals surface area contributed by atoms with Crippen LogP contribution < -0.4 is 0 Å². The Hall–Kier alpha value is -0.200. The minimum Gasteiger partial charge on any atom is -0.382 e. The maximum Gasteiger partial charge on any atom is 0.188 e. The molecule has 0 aromatic heterocycles. The highest BCUT2D eigenvalue weighted by atomic mass is 16.8. The second kappa shape index (κ2) is 3.92. The lowest BCUT2D eigenvalue weighted by Gasteiger charge is -2.53. The Morgan fingerprint density at radius 1 is 1.21 bits per heavy atom. The van der Waals surface area contributed by atoms with E-state index in [1.54, 1.807) is 7.11 Å². The van der Waals surface area contributed by atoms with Crippen molar-refractivity contribution in [3.8, 4) is 0 Å². The smallest absolute Gasteiger partial charge is 0.188 e. The zero-order chi connectivity index (χ0) is 13.3. The molecule has 1 saturated carbocycles. The van der Waals surface area contributed by atoms with Gasteiger partial charge in [0, 0.05) is 19.1 Å². The molecule has 0 aromatic carbocycles. The molecule has 0 radical (unpaired) electrons. The summed E-state index contributed by atoms with van der Waals surface area (Å²) in [5, 5.41) is 0. The van der Waals surface area contributed by atoms with Gasteiger partial charge in [-0.05, 0) is 32.1 Å². The van der Waals surface area contributed by atoms with Crippen LogP contribution in [0.2, 0.25) is 0 Å². The molecule has 0 aromatic rings. The third-order valence-electron chi connectivity index (χ3n) is 5.31. The maximum atomic E-state index is 6.16. The zero-order valence-corrected chi connectivity index (χ0v) is 11.8. The van der Waals surface area contributed by atoms with Crippen molar-refractivity contribution in [2.45, 2.75) is 44.6 Å². The Bertz CT molecular complexity index is 384. The van der Waals surface area contributed by atoms with E-state index in [9.17, 15) is 0 Å². The average Bonchev–Trinajstić information content (AvgIpc) is 2.89. The minimum atomic E-state index is -0.551. The van der Waals surface area contributed by atoms with Crippen molar-refractivity contribution >= 4 is 0 Å². The summed E-state index contributed by atoms with van der Waals surface area (Å²) >= 11 is 0. The first kappa shape index (κ1) is 12.5. The first-order valence-corrected chi connectivity index (χ1v) is 7.14. The predicted octanol–water partition coefficient (Wildman–Crippen LogP) is 1.16. The fraction of sp³-hybridized carbons (Fsp3) is 1.00. The summed E-state index contributed by atoms with van der Waals surface area (Å²) < 4.78 is 29.1. The van der Waals surface area contributed by atoms with Crippen molar-refractivity contribution < 1.29 is 23.7 Å². The number of ether oxygens (including phenoxy) is 5. The lowest BCUT2D eigenvalue weighted by molar-refractivity contribution is -0.243. The van der Waals surface area contributed by atoms with Crippen LogP contribution in [-0.2, 0) is 23.7 Å². The fourth-order valence-electron chi connectivity index (χ4n) is 4.55. The van der Waals surface area contributed by atoms with Gasteiger partial charge in [-0.15, -0.1) is 0 Å². The van der Waals surface area contributed by atoms with Gasteiger partial charge in [0.05, 0.1) is 19.3 Å². The molecule has 19 heavy (non-hydrogen) atoms. The van der Waals surface area contributed by atoms with Crippen molar-refractivity contribution in [1.82, 2.24) is 0 Å². The van der Waals surface area contributed by atoms with Crippen LogP contribution >= 0.6 is 0 Å². The van der Waals surface area contributed by atoms with E-state index in [0.29, 0.717) is 18.4 Å². The van der Waals surface area contributed by atoms with Gasteiger partial charge in [-0.2, -0.15) is 0 Å². The van der Waals surface area contributed by atoms with E-state index < -0.39 is 5.79 Å². The zero-order valence-electron chi connectivity index (χ0n) is 11.8. The molecular formula is C14H22O5. The summed E-state index contributed by atoms with van der Waals surface area (Å²) in [5.74, 6) is 0.638. The molecule has 5 heteroatoms. The molecule has 3 saturated heterocycles. The van der Waals surface area contributed by atoms with Gasteiger partial charge in [0.15, 0.2) is 12.1 Å². The van der Waals surface area contributed by atoms with Gasteiger partial charge in [-0.1, -0.05) is 0 Å². The lowest BCUT2D eigenvalue weighted by Crippen LogP contribution is -2.59. The minimum absolute atomic E-state index is 0.0191. The SMILES string of the molecule is COC[C@H]1O[C@@H]2OC(C)(C)O[C@@H]2[C@@]12C[C@@H]1COC[C@@H]12. The molecule has 1 spiro atoms. The van der Waals surface area contributed by atoms with Crippen LogP contribution in [0, 0.1) is 17.3 Å². The Morgan fingerprint density at radius 2 is 2.05 bits per heavy atom. The molecule has 4 aliphatic rings. The molecule has 0 N–H and O–H groups in total. The standard InChI is InChI=1S/C14H22O5/c1-13(2)18-11-12(19-13)17-10(7-15-3)14(11)4-8-5-16-6-9(8)14/h8-12H,4-7H2,1-3H3/t8-,9+,10-,11+,12-,14-/m1/s1. The highest BCUT2D eigenvalue weighted by Gasteiger charge is 2.72. The summed E-state index contributed by atoms with van der Waals surface area (Å²) in [6.45, 7) is 6.21. The van der Waals surface area contributed by atoms with Gasteiger partial charge in [-0.25, -0.2) is 0 Å². The molecule has 108 valence electrons. The monoisotopic (exact) mass is 270 g/mol. The van der Waals surface area contributed by atoms with Gasteiger partial charge in [0.1, 0.15) is 6.10 Å². The van der Waals surface area contributed by atoms with E-state index in [-0.39, 0.29) is 23.9 Å². The second-order valence-electron chi connectivity index (χ2n) is 6.73. The third kappa shape index (κ3) is 1.54. The lowest BCUT2D eigenvalue weighted by atomic mass is 9.51. The van der Waals surface area contributed by atoms with Crippen LogP contribution in [0.3, 0.4) is 0 Å². The highest BCUT2D eigenvalue weighted by Crippen LogP contribution is 2.65. The summed E-state index contributed by atoms with van der Waals surface area (Å²) in [6, 6.07) is 0. The van der Waals surface area contributed by atoms with E-state index in [2.05, 4.69) is 0 Å². The molecule has 3 aliphatic heterocycles. The number of hydrogen-bond acceptors (Lipinski definition) is 5. The summed E-state index contributed by atoms with van der Waals surface area (Å²) in [4.78, 5) is 0. The largest absolute Gasteiger partial charge is 0.382 e. The Morgan fingerprint density at radius 3 is 2.79 bits per heavy atom. The second-order valence-corrected chi connectivity index (χ2v) is 6.73. The molecule has 0 bridgehead atoms. The van der Waals surface area contributed by atoms with Crippen molar-refractivity contribution in [2.75, 3.05) is 26.9 Å². The van der Waals surface area contributed by atoms with Gasteiger partial charge < -0.3 is 23.7 Å². The average molecular weight is 270 g/mol.